The van der Waals surface area contributed by atoms with Crippen LogP contribution in [0.4, 0.5) is 0 Å². The number of amides is 1. The summed E-state index contributed by atoms with van der Waals surface area (Å²) in [5, 5.41) is 3.35. The Morgan fingerprint density at radius 3 is 2.75 bits per heavy atom. The van der Waals surface area contributed by atoms with Gasteiger partial charge in [0.2, 0.25) is 5.91 Å². The monoisotopic (exact) mass is 240 g/mol. The molecule has 0 saturated carbocycles. The van der Waals surface area contributed by atoms with Crippen LogP contribution in [0, 0.1) is 0 Å². The fourth-order valence-electron chi connectivity index (χ4n) is 2.19. The summed E-state index contributed by atoms with van der Waals surface area (Å²) in [6.07, 6.45) is 2.30. The van der Waals surface area contributed by atoms with Gasteiger partial charge in [0.05, 0.1) is 0 Å². The number of hydrogen-bond donors (Lipinski definition) is 2. The Labute approximate surface area is 102 Å². The summed E-state index contributed by atoms with van der Waals surface area (Å²) >= 11 is 0. The van der Waals surface area contributed by atoms with Crippen molar-refractivity contribution >= 4 is 18.3 Å². The van der Waals surface area contributed by atoms with Crippen molar-refractivity contribution in [3.8, 4) is 0 Å². The molecule has 88 valence electrons. The zero-order chi connectivity index (χ0) is 10.7. The van der Waals surface area contributed by atoms with E-state index in [1.165, 1.54) is 0 Å². The van der Waals surface area contributed by atoms with Crippen molar-refractivity contribution in [1.29, 1.82) is 0 Å². The molecule has 1 fully saturated rings. The smallest absolute Gasteiger partial charge is 0.248 e. The van der Waals surface area contributed by atoms with Gasteiger partial charge in [-0.05, 0) is 36.9 Å². The molecular formula is C12H17ClN2O. The fourth-order valence-corrected chi connectivity index (χ4v) is 2.19. The molecule has 1 aliphatic rings. The molecule has 16 heavy (non-hydrogen) atoms. The maximum absolute atomic E-state index is 11.3. The van der Waals surface area contributed by atoms with Crippen LogP contribution in [0.25, 0.3) is 0 Å². The summed E-state index contributed by atoms with van der Waals surface area (Å²) < 4.78 is 0. The van der Waals surface area contributed by atoms with Crippen molar-refractivity contribution in [1.82, 2.24) is 5.32 Å². The van der Waals surface area contributed by atoms with E-state index >= 15 is 0 Å². The van der Waals surface area contributed by atoms with Gasteiger partial charge < -0.3 is 11.1 Å². The third-order valence-electron chi connectivity index (χ3n) is 2.96. The van der Waals surface area contributed by atoms with Gasteiger partial charge in [0, 0.05) is 12.1 Å². The number of primary amides is 1. The highest BCUT2D eigenvalue weighted by Crippen LogP contribution is 2.25. The first kappa shape index (κ1) is 13.0. The van der Waals surface area contributed by atoms with Gasteiger partial charge in [0.1, 0.15) is 0 Å². The molecule has 0 radical (unpaired) electrons. The second-order valence-electron chi connectivity index (χ2n) is 3.99. The Balaban J connectivity index is 0.00000128. The summed E-state index contributed by atoms with van der Waals surface area (Å²) in [4.78, 5) is 11.3. The quantitative estimate of drug-likeness (QED) is 0.827. The van der Waals surface area contributed by atoms with E-state index in [0.29, 0.717) is 11.5 Å². The van der Waals surface area contributed by atoms with Gasteiger partial charge in [0.25, 0.3) is 0 Å². The molecule has 0 aromatic heterocycles. The highest BCUT2D eigenvalue weighted by Gasteiger charge is 2.19. The van der Waals surface area contributed by atoms with Crippen LogP contribution < -0.4 is 11.1 Å². The number of hydrogen-bond acceptors (Lipinski definition) is 2. The number of piperidine rings is 1. The van der Waals surface area contributed by atoms with Gasteiger partial charge in [-0.3, -0.25) is 4.79 Å². The Hall–Kier alpha value is -1.06. The maximum Gasteiger partial charge on any atom is 0.248 e. The van der Waals surface area contributed by atoms with E-state index < -0.39 is 0 Å². The predicted molar refractivity (Wildman–Crippen MR) is 67.1 cm³/mol. The Morgan fingerprint density at radius 2 is 2.12 bits per heavy atom. The number of nitrogens with two attached hydrogens (primary N) is 1. The lowest BCUT2D eigenvalue weighted by Crippen LogP contribution is -2.29. The van der Waals surface area contributed by atoms with Crippen molar-refractivity contribution in [3.05, 3.63) is 35.4 Å². The standard InChI is InChI=1S/C12H16N2O.ClH/c13-12(15)11-6-2-1-5-10(11)9-4-3-7-14-8-9;/h1-2,5-6,9,14H,3-4,7-8H2,(H2,13,15);1H/t9-;/m1./s1. The Kier molecular flexibility index (Phi) is 4.77. The van der Waals surface area contributed by atoms with E-state index in [9.17, 15) is 4.79 Å². The third kappa shape index (κ3) is 2.74. The molecule has 1 heterocycles. The van der Waals surface area contributed by atoms with Crippen molar-refractivity contribution in [2.24, 2.45) is 5.73 Å². The number of benzene rings is 1. The Bertz CT molecular complexity index is 362. The lowest BCUT2D eigenvalue weighted by molar-refractivity contribution is 0.0998. The first-order valence-corrected chi connectivity index (χ1v) is 5.38. The van der Waals surface area contributed by atoms with E-state index in [0.717, 1.165) is 31.5 Å². The predicted octanol–water partition coefficient (Wildman–Crippen LogP) is 1.67. The number of carbonyl (C=O) groups is 1. The molecule has 2 rings (SSSR count). The number of carbonyl (C=O) groups excluding carboxylic acids is 1. The van der Waals surface area contributed by atoms with Crippen LogP contribution in [-0.4, -0.2) is 19.0 Å². The average Bonchev–Trinajstić information content (AvgIpc) is 2.30. The zero-order valence-corrected chi connectivity index (χ0v) is 9.93. The largest absolute Gasteiger partial charge is 0.366 e. The topological polar surface area (TPSA) is 55.1 Å². The minimum atomic E-state index is -0.323. The maximum atomic E-state index is 11.3. The van der Waals surface area contributed by atoms with Gasteiger partial charge >= 0.3 is 0 Å². The number of rotatable bonds is 2. The van der Waals surface area contributed by atoms with E-state index in [1.807, 2.05) is 24.3 Å². The third-order valence-corrected chi connectivity index (χ3v) is 2.96. The van der Waals surface area contributed by atoms with Gasteiger partial charge in [-0.1, -0.05) is 18.2 Å². The summed E-state index contributed by atoms with van der Waals surface area (Å²) in [5.41, 5.74) is 7.13. The molecule has 3 N–H and O–H groups in total. The molecule has 4 heteroatoms. The lowest BCUT2D eigenvalue weighted by atomic mass is 9.88. The summed E-state index contributed by atoms with van der Waals surface area (Å²) in [6, 6.07) is 7.65. The number of nitrogens with one attached hydrogen (secondary N) is 1. The lowest BCUT2D eigenvalue weighted by Gasteiger charge is -2.24. The molecule has 0 spiro atoms. The summed E-state index contributed by atoms with van der Waals surface area (Å²) in [6.45, 7) is 2.03. The molecule has 3 nitrogen and oxygen atoms in total. The second-order valence-corrected chi connectivity index (χ2v) is 3.99. The molecule has 1 aliphatic heterocycles. The average molecular weight is 241 g/mol. The summed E-state index contributed by atoms with van der Waals surface area (Å²) in [7, 11) is 0. The molecule has 0 bridgehead atoms. The van der Waals surface area contributed by atoms with Crippen molar-refractivity contribution in [2.75, 3.05) is 13.1 Å². The van der Waals surface area contributed by atoms with Crippen LogP contribution in [0.15, 0.2) is 24.3 Å². The van der Waals surface area contributed by atoms with E-state index in [-0.39, 0.29) is 18.3 Å². The first-order valence-electron chi connectivity index (χ1n) is 5.38. The van der Waals surface area contributed by atoms with Crippen LogP contribution in [0.2, 0.25) is 0 Å². The highest BCUT2D eigenvalue weighted by molar-refractivity contribution is 5.94. The van der Waals surface area contributed by atoms with Crippen LogP contribution in [0.3, 0.4) is 0 Å². The van der Waals surface area contributed by atoms with Crippen molar-refractivity contribution in [3.63, 3.8) is 0 Å². The first-order chi connectivity index (χ1) is 7.29. The SMILES string of the molecule is Cl.NC(=O)c1ccccc1[C@@H]1CCCNC1. The molecule has 1 saturated heterocycles. The highest BCUT2D eigenvalue weighted by atomic mass is 35.5. The molecular weight excluding hydrogens is 224 g/mol. The second kappa shape index (κ2) is 5.87. The van der Waals surface area contributed by atoms with Gasteiger partial charge in [-0.2, -0.15) is 0 Å². The molecule has 0 unspecified atom stereocenters. The van der Waals surface area contributed by atoms with Crippen molar-refractivity contribution in [2.45, 2.75) is 18.8 Å². The molecule has 1 aromatic rings. The molecule has 1 atom stereocenters. The van der Waals surface area contributed by atoms with Crippen molar-refractivity contribution < 1.29 is 4.79 Å². The normalized spacial score (nSPS) is 19.9. The van der Waals surface area contributed by atoms with E-state index in [4.69, 9.17) is 5.73 Å². The van der Waals surface area contributed by atoms with Crippen LogP contribution in [0.5, 0.6) is 0 Å². The molecule has 0 aliphatic carbocycles. The molecule has 1 aromatic carbocycles. The number of halogens is 1. The van der Waals surface area contributed by atoms with Crippen LogP contribution in [0.1, 0.15) is 34.7 Å². The zero-order valence-electron chi connectivity index (χ0n) is 9.11. The summed E-state index contributed by atoms with van der Waals surface area (Å²) in [5.74, 6) is 0.110. The van der Waals surface area contributed by atoms with Crippen LogP contribution in [-0.2, 0) is 0 Å². The van der Waals surface area contributed by atoms with Crippen LogP contribution >= 0.6 is 12.4 Å². The van der Waals surface area contributed by atoms with E-state index in [1.54, 1.807) is 0 Å². The minimum absolute atomic E-state index is 0. The van der Waals surface area contributed by atoms with Gasteiger partial charge in [0.15, 0.2) is 0 Å². The van der Waals surface area contributed by atoms with E-state index in [2.05, 4.69) is 5.32 Å². The Morgan fingerprint density at radius 1 is 1.38 bits per heavy atom. The minimum Gasteiger partial charge on any atom is -0.366 e. The van der Waals surface area contributed by atoms with Gasteiger partial charge in [-0.15, -0.1) is 12.4 Å². The molecule has 1 amide bonds. The fraction of sp³-hybridized carbons (Fsp3) is 0.417. The van der Waals surface area contributed by atoms with Gasteiger partial charge in [-0.25, -0.2) is 0 Å².